The highest BCUT2D eigenvalue weighted by atomic mass is 79.9. The van der Waals surface area contributed by atoms with Gasteiger partial charge in [-0.2, -0.15) is 0 Å². The summed E-state index contributed by atoms with van der Waals surface area (Å²) in [5, 5.41) is 3.13. The van der Waals surface area contributed by atoms with Gasteiger partial charge in [0.2, 0.25) is 0 Å². The van der Waals surface area contributed by atoms with Crippen LogP contribution in [0.1, 0.15) is 0 Å². The van der Waals surface area contributed by atoms with Gasteiger partial charge in [0.15, 0.2) is 0 Å². The number of urea groups is 1. The minimum Gasteiger partial charge on any atom is -0.352 e. The second-order valence-corrected chi connectivity index (χ2v) is 1.77. The van der Waals surface area contributed by atoms with Crippen molar-refractivity contribution in [2.75, 3.05) is 11.9 Å². The predicted octanol–water partition coefficient (Wildman–Crippen LogP) is 0.0496. The first-order chi connectivity index (χ1) is 3.27. The molecule has 2 amide bonds. The van der Waals surface area contributed by atoms with Crippen molar-refractivity contribution in [3.05, 3.63) is 0 Å². The van der Waals surface area contributed by atoms with Crippen molar-refractivity contribution < 1.29 is 4.79 Å². The quantitative estimate of drug-likeness (QED) is 0.561. The lowest BCUT2D eigenvalue weighted by Crippen LogP contribution is -2.30. The van der Waals surface area contributed by atoms with Crippen LogP contribution in [0.3, 0.4) is 0 Å². The van der Waals surface area contributed by atoms with Crippen LogP contribution in [0.4, 0.5) is 4.79 Å². The summed E-state index contributed by atoms with van der Waals surface area (Å²) in [4.78, 5) is 9.85. The number of halogens is 1. The van der Waals surface area contributed by atoms with Crippen molar-refractivity contribution in [2.24, 2.45) is 5.73 Å². The molecule has 0 heterocycles. The molecule has 0 unspecified atom stereocenters. The van der Waals surface area contributed by atoms with E-state index in [1.165, 1.54) is 0 Å². The molecule has 0 rings (SSSR count). The second kappa shape index (κ2) is 3.92. The van der Waals surface area contributed by atoms with E-state index in [4.69, 9.17) is 5.73 Å². The zero-order valence-corrected chi connectivity index (χ0v) is 5.36. The summed E-state index contributed by atoms with van der Waals surface area (Å²) in [6, 6.07) is -0.473. The summed E-state index contributed by atoms with van der Waals surface area (Å²) < 4.78 is 0. The lowest BCUT2D eigenvalue weighted by Gasteiger charge is -1.92. The zero-order valence-electron chi connectivity index (χ0n) is 3.78. The molecule has 0 bridgehead atoms. The van der Waals surface area contributed by atoms with Gasteiger partial charge in [-0.15, -0.1) is 0 Å². The molecular formula is C3H7BrN2O. The van der Waals surface area contributed by atoms with Crippen LogP contribution in [0.25, 0.3) is 0 Å². The minimum atomic E-state index is -0.473. The third kappa shape index (κ3) is 5.75. The Kier molecular flexibility index (Phi) is 3.78. The van der Waals surface area contributed by atoms with E-state index in [2.05, 4.69) is 21.2 Å². The first kappa shape index (κ1) is 6.75. The molecule has 42 valence electrons. The Morgan fingerprint density at radius 1 is 1.86 bits per heavy atom. The molecule has 0 aliphatic rings. The molecule has 0 aliphatic carbocycles. The fraction of sp³-hybridized carbons (Fsp3) is 0.667. The first-order valence-electron chi connectivity index (χ1n) is 1.86. The number of hydrogen-bond donors (Lipinski definition) is 2. The summed E-state index contributed by atoms with van der Waals surface area (Å²) in [6.07, 6.45) is 0. The van der Waals surface area contributed by atoms with Gasteiger partial charge in [0.05, 0.1) is 0 Å². The number of nitrogens with one attached hydrogen (secondary N) is 1. The lowest BCUT2D eigenvalue weighted by atomic mass is 10.7. The van der Waals surface area contributed by atoms with Crippen molar-refractivity contribution >= 4 is 22.0 Å². The van der Waals surface area contributed by atoms with Crippen LogP contribution < -0.4 is 11.1 Å². The summed E-state index contributed by atoms with van der Waals surface area (Å²) >= 11 is 3.11. The molecule has 0 saturated carbocycles. The van der Waals surface area contributed by atoms with Gasteiger partial charge in [0.1, 0.15) is 0 Å². The van der Waals surface area contributed by atoms with E-state index in [-0.39, 0.29) is 0 Å². The normalized spacial score (nSPS) is 8.14. The molecule has 0 aromatic rings. The van der Waals surface area contributed by atoms with E-state index in [1.807, 2.05) is 0 Å². The van der Waals surface area contributed by atoms with Crippen molar-refractivity contribution in [2.45, 2.75) is 0 Å². The third-order valence-corrected chi connectivity index (χ3v) is 0.790. The van der Waals surface area contributed by atoms with Crippen molar-refractivity contribution in [3.63, 3.8) is 0 Å². The van der Waals surface area contributed by atoms with Gasteiger partial charge in [0.25, 0.3) is 0 Å². The number of primary amides is 1. The van der Waals surface area contributed by atoms with E-state index in [9.17, 15) is 4.79 Å². The predicted molar refractivity (Wildman–Crippen MR) is 31.4 cm³/mol. The van der Waals surface area contributed by atoms with Crippen molar-refractivity contribution in [1.82, 2.24) is 5.32 Å². The van der Waals surface area contributed by atoms with E-state index < -0.39 is 6.03 Å². The number of nitrogens with two attached hydrogens (primary N) is 1. The van der Waals surface area contributed by atoms with E-state index in [0.29, 0.717) is 6.54 Å². The van der Waals surface area contributed by atoms with Gasteiger partial charge in [-0.05, 0) is 0 Å². The maximum atomic E-state index is 9.85. The largest absolute Gasteiger partial charge is 0.352 e. The van der Waals surface area contributed by atoms with Crippen molar-refractivity contribution in [3.8, 4) is 0 Å². The number of alkyl halides is 1. The second-order valence-electron chi connectivity index (χ2n) is 0.980. The molecule has 0 atom stereocenters. The molecule has 3 nitrogen and oxygen atoms in total. The highest BCUT2D eigenvalue weighted by molar-refractivity contribution is 9.09. The number of carbonyl (C=O) groups is 1. The molecule has 0 fully saturated rings. The number of amides is 2. The number of carbonyl (C=O) groups excluding carboxylic acids is 1. The standard InChI is InChI=1S/C3H7BrN2O/c4-1-2-6-3(5)7/h1-2H2,(H3,5,6,7). The highest BCUT2D eigenvalue weighted by Crippen LogP contribution is 1.72. The Morgan fingerprint density at radius 2 is 2.43 bits per heavy atom. The molecule has 3 N–H and O–H groups in total. The smallest absolute Gasteiger partial charge is 0.312 e. The summed E-state index contributed by atoms with van der Waals surface area (Å²) in [5.74, 6) is 0. The number of hydrogen-bond acceptors (Lipinski definition) is 1. The fourth-order valence-electron chi connectivity index (χ4n) is 0.170. The monoisotopic (exact) mass is 166 g/mol. The molecule has 4 heteroatoms. The third-order valence-electron chi connectivity index (χ3n) is 0.394. The highest BCUT2D eigenvalue weighted by Gasteiger charge is 1.84. The maximum Gasteiger partial charge on any atom is 0.312 e. The summed E-state index contributed by atoms with van der Waals surface area (Å²) in [7, 11) is 0. The number of rotatable bonds is 2. The Morgan fingerprint density at radius 3 is 2.57 bits per heavy atom. The first-order valence-corrected chi connectivity index (χ1v) is 2.99. The Labute approximate surface area is 50.4 Å². The van der Waals surface area contributed by atoms with Gasteiger partial charge in [-0.3, -0.25) is 0 Å². The van der Waals surface area contributed by atoms with Crippen LogP contribution in [0.5, 0.6) is 0 Å². The van der Waals surface area contributed by atoms with E-state index in [1.54, 1.807) is 0 Å². The Balaban J connectivity index is 2.82. The van der Waals surface area contributed by atoms with E-state index >= 15 is 0 Å². The van der Waals surface area contributed by atoms with E-state index in [0.717, 1.165) is 5.33 Å². The fourth-order valence-corrected chi connectivity index (χ4v) is 0.369. The summed E-state index contributed by atoms with van der Waals surface area (Å²) in [5.41, 5.74) is 4.71. The Bertz CT molecular complexity index is 66.0. The van der Waals surface area contributed by atoms with Gasteiger partial charge in [0, 0.05) is 11.9 Å². The van der Waals surface area contributed by atoms with Crippen LogP contribution in [0.15, 0.2) is 0 Å². The SMILES string of the molecule is NC(=O)NCCBr. The van der Waals surface area contributed by atoms with Crippen LogP contribution in [-0.4, -0.2) is 17.9 Å². The van der Waals surface area contributed by atoms with Crippen LogP contribution in [0.2, 0.25) is 0 Å². The average Bonchev–Trinajstić information content (AvgIpc) is 1.61. The molecule has 0 spiro atoms. The molecule has 0 radical (unpaired) electrons. The molecule has 0 saturated heterocycles. The maximum absolute atomic E-state index is 9.85. The molecule has 0 aromatic heterocycles. The van der Waals surface area contributed by atoms with Crippen LogP contribution in [0, 0.1) is 0 Å². The van der Waals surface area contributed by atoms with Crippen molar-refractivity contribution in [1.29, 1.82) is 0 Å². The molecule has 7 heavy (non-hydrogen) atoms. The lowest BCUT2D eigenvalue weighted by molar-refractivity contribution is 0.249. The average molecular weight is 167 g/mol. The molecule has 0 aliphatic heterocycles. The topological polar surface area (TPSA) is 55.1 Å². The van der Waals surface area contributed by atoms with Gasteiger partial charge in [-0.25, -0.2) is 4.79 Å². The van der Waals surface area contributed by atoms with Gasteiger partial charge >= 0.3 is 6.03 Å². The molecule has 0 aromatic carbocycles. The van der Waals surface area contributed by atoms with Crippen LogP contribution >= 0.6 is 15.9 Å². The minimum absolute atomic E-state index is 0.473. The zero-order chi connectivity index (χ0) is 5.70. The van der Waals surface area contributed by atoms with Gasteiger partial charge in [-0.1, -0.05) is 15.9 Å². The Hall–Kier alpha value is -0.250. The summed E-state index contributed by atoms with van der Waals surface area (Å²) in [6.45, 7) is 0.593. The molecular weight excluding hydrogens is 160 g/mol. The van der Waals surface area contributed by atoms with Gasteiger partial charge < -0.3 is 11.1 Å². The van der Waals surface area contributed by atoms with Crippen LogP contribution in [-0.2, 0) is 0 Å².